The van der Waals surface area contributed by atoms with E-state index in [1.54, 1.807) is 0 Å². The lowest BCUT2D eigenvalue weighted by atomic mass is 10.1. The van der Waals surface area contributed by atoms with Crippen molar-refractivity contribution in [1.29, 1.82) is 0 Å². The Morgan fingerprint density at radius 2 is 1.92 bits per heavy atom. The lowest BCUT2D eigenvalue weighted by Crippen LogP contribution is -2.46. The summed E-state index contributed by atoms with van der Waals surface area (Å²) in [6.07, 6.45) is -0.304. The molecule has 0 aliphatic carbocycles. The summed E-state index contributed by atoms with van der Waals surface area (Å²) in [4.78, 5) is 1.71. The van der Waals surface area contributed by atoms with Gasteiger partial charge < -0.3 is 5.32 Å². The Hall–Kier alpha value is -2.63. The molecule has 0 spiro atoms. The SMILES string of the molecule is [N-]=[N+]=Nc1cc2c(cc1S(N)(=O)=O)S(=O)(=O)NC(Cc1ccccc1)N2. The summed E-state index contributed by atoms with van der Waals surface area (Å²) in [5.41, 5.74) is 9.37. The topological polar surface area (TPSA) is 167 Å². The maximum Gasteiger partial charge on any atom is 0.244 e. The summed E-state index contributed by atoms with van der Waals surface area (Å²) in [7, 11) is -8.28. The molecule has 0 fully saturated rings. The molecule has 0 aromatic heterocycles. The first kappa shape index (κ1) is 18.2. The van der Waals surface area contributed by atoms with Gasteiger partial charge in [-0.25, -0.2) is 22.0 Å². The summed E-state index contributed by atoms with van der Waals surface area (Å²) < 4.78 is 50.9. The zero-order chi connectivity index (χ0) is 18.9. The van der Waals surface area contributed by atoms with E-state index in [0.29, 0.717) is 6.42 Å². The van der Waals surface area contributed by atoms with E-state index in [4.69, 9.17) is 10.7 Å². The first-order valence-electron chi connectivity index (χ1n) is 7.29. The molecule has 1 aliphatic heterocycles. The van der Waals surface area contributed by atoms with E-state index in [9.17, 15) is 16.8 Å². The molecule has 1 atom stereocenters. The van der Waals surface area contributed by atoms with Crippen molar-refractivity contribution in [2.45, 2.75) is 22.4 Å². The van der Waals surface area contributed by atoms with Crippen molar-refractivity contribution in [3.05, 3.63) is 58.5 Å². The molecule has 1 heterocycles. The molecule has 136 valence electrons. The van der Waals surface area contributed by atoms with Gasteiger partial charge in [-0.1, -0.05) is 35.4 Å². The normalized spacial score (nSPS) is 18.3. The highest BCUT2D eigenvalue weighted by atomic mass is 32.2. The number of benzene rings is 2. The molecule has 0 saturated carbocycles. The second kappa shape index (κ2) is 6.59. The van der Waals surface area contributed by atoms with Crippen molar-refractivity contribution in [3.63, 3.8) is 0 Å². The zero-order valence-electron chi connectivity index (χ0n) is 13.2. The monoisotopic (exact) mass is 394 g/mol. The summed E-state index contributed by atoms with van der Waals surface area (Å²) in [5.74, 6) is 0. The molecule has 26 heavy (non-hydrogen) atoms. The van der Waals surface area contributed by atoms with Gasteiger partial charge in [-0.05, 0) is 23.2 Å². The molecule has 2 aromatic rings. The highest BCUT2D eigenvalue weighted by molar-refractivity contribution is 7.90. The fourth-order valence-electron chi connectivity index (χ4n) is 2.65. The van der Waals surface area contributed by atoms with Crippen molar-refractivity contribution in [2.75, 3.05) is 5.32 Å². The summed E-state index contributed by atoms with van der Waals surface area (Å²) in [6, 6.07) is 11.2. The highest BCUT2D eigenvalue weighted by Gasteiger charge is 2.31. The molecule has 0 amide bonds. The maximum absolute atomic E-state index is 12.5. The van der Waals surface area contributed by atoms with Gasteiger partial charge in [0.05, 0.1) is 22.4 Å². The van der Waals surface area contributed by atoms with Crippen LogP contribution in [0.15, 0.2) is 57.4 Å². The first-order valence-corrected chi connectivity index (χ1v) is 10.3. The minimum atomic E-state index is -4.29. The molecule has 12 heteroatoms. The van der Waals surface area contributed by atoms with Crippen LogP contribution in [0, 0.1) is 0 Å². The van der Waals surface area contributed by atoms with Gasteiger partial charge in [0.15, 0.2) is 0 Å². The van der Waals surface area contributed by atoms with Crippen molar-refractivity contribution in [1.82, 2.24) is 4.72 Å². The van der Waals surface area contributed by atoms with E-state index in [-0.39, 0.29) is 16.3 Å². The number of azide groups is 1. The average molecular weight is 394 g/mol. The number of rotatable bonds is 4. The predicted octanol–water partition coefficient (Wildman–Crippen LogP) is 1.55. The third-order valence-corrected chi connectivity index (χ3v) is 6.17. The van der Waals surface area contributed by atoms with Crippen LogP contribution in [-0.2, 0) is 26.5 Å². The molecule has 10 nitrogen and oxygen atoms in total. The summed E-state index contributed by atoms with van der Waals surface area (Å²) in [5, 5.41) is 11.4. The molecule has 0 radical (unpaired) electrons. The molecular formula is C14H14N6O4S2. The second-order valence-corrected chi connectivity index (χ2v) is 8.77. The van der Waals surface area contributed by atoms with Gasteiger partial charge in [0.1, 0.15) is 4.90 Å². The van der Waals surface area contributed by atoms with E-state index in [1.807, 2.05) is 30.3 Å². The van der Waals surface area contributed by atoms with Crippen molar-refractivity contribution < 1.29 is 16.8 Å². The number of hydrogen-bond donors (Lipinski definition) is 3. The first-order chi connectivity index (χ1) is 12.2. The number of nitrogens with zero attached hydrogens (tertiary/aromatic N) is 3. The van der Waals surface area contributed by atoms with Crippen LogP contribution < -0.4 is 15.2 Å². The number of sulfonamides is 2. The van der Waals surface area contributed by atoms with Crippen molar-refractivity contribution in [3.8, 4) is 0 Å². The molecule has 1 aliphatic rings. The maximum atomic E-state index is 12.5. The van der Waals surface area contributed by atoms with Gasteiger partial charge >= 0.3 is 0 Å². The van der Waals surface area contributed by atoms with E-state index < -0.39 is 31.1 Å². The van der Waals surface area contributed by atoms with Gasteiger partial charge in [0.2, 0.25) is 20.0 Å². The van der Waals surface area contributed by atoms with Crippen molar-refractivity contribution >= 4 is 31.4 Å². The average Bonchev–Trinajstić information content (AvgIpc) is 2.54. The third kappa shape index (κ3) is 3.64. The molecular weight excluding hydrogens is 380 g/mol. The summed E-state index contributed by atoms with van der Waals surface area (Å²) in [6.45, 7) is 0. The molecule has 0 bridgehead atoms. The number of nitrogens with two attached hydrogens (primary N) is 1. The lowest BCUT2D eigenvalue weighted by Gasteiger charge is -2.28. The molecule has 1 unspecified atom stereocenters. The Morgan fingerprint density at radius 3 is 2.54 bits per heavy atom. The van der Waals surface area contributed by atoms with Crippen LogP contribution in [0.2, 0.25) is 0 Å². The molecule has 3 rings (SSSR count). The van der Waals surface area contributed by atoms with E-state index in [1.165, 1.54) is 0 Å². The fourth-order valence-corrected chi connectivity index (χ4v) is 4.72. The Kier molecular flexibility index (Phi) is 4.61. The Morgan fingerprint density at radius 1 is 1.23 bits per heavy atom. The van der Waals surface area contributed by atoms with Gasteiger partial charge in [-0.3, -0.25) is 0 Å². The van der Waals surface area contributed by atoms with Gasteiger partial charge in [0.25, 0.3) is 0 Å². The predicted molar refractivity (Wildman–Crippen MR) is 94.5 cm³/mol. The van der Waals surface area contributed by atoms with Gasteiger partial charge in [-0.15, -0.1) is 0 Å². The van der Waals surface area contributed by atoms with Crippen LogP contribution in [0.3, 0.4) is 0 Å². The number of fused-ring (bicyclic) bond motifs is 1. The minimum Gasteiger partial charge on any atom is -0.368 e. The second-order valence-electron chi connectivity index (χ2n) is 5.56. The number of primary sulfonamides is 1. The van der Waals surface area contributed by atoms with Gasteiger partial charge in [0, 0.05) is 11.3 Å². The van der Waals surface area contributed by atoms with Crippen LogP contribution in [0.25, 0.3) is 10.4 Å². The fraction of sp³-hybridized carbons (Fsp3) is 0.143. The molecule has 4 N–H and O–H groups in total. The van der Waals surface area contributed by atoms with Gasteiger partial charge in [-0.2, -0.15) is 4.72 Å². The minimum absolute atomic E-state index is 0.125. The van der Waals surface area contributed by atoms with Crippen LogP contribution in [0.4, 0.5) is 11.4 Å². The van der Waals surface area contributed by atoms with E-state index in [0.717, 1.165) is 17.7 Å². The number of nitrogens with one attached hydrogen (secondary N) is 2. The standard InChI is InChI=1S/C14H14N6O4S2/c15-20-18-11-7-10-13(8-12(11)25(16,21)22)26(23,24)19-14(17-10)6-9-4-2-1-3-5-9/h1-5,7-8,14,17,19H,6H2,(H2,16,21,22). The van der Waals surface area contributed by atoms with E-state index in [2.05, 4.69) is 20.1 Å². The van der Waals surface area contributed by atoms with Crippen LogP contribution >= 0.6 is 0 Å². The van der Waals surface area contributed by atoms with Crippen molar-refractivity contribution in [2.24, 2.45) is 10.3 Å². The third-order valence-electron chi connectivity index (χ3n) is 3.72. The highest BCUT2D eigenvalue weighted by Crippen LogP contribution is 2.35. The Bertz CT molecular complexity index is 1110. The Labute approximate surface area is 149 Å². The van der Waals surface area contributed by atoms with Crippen LogP contribution in [0.1, 0.15) is 5.56 Å². The lowest BCUT2D eigenvalue weighted by molar-refractivity contribution is 0.555. The Balaban J connectivity index is 2.08. The largest absolute Gasteiger partial charge is 0.368 e. The van der Waals surface area contributed by atoms with Crippen LogP contribution in [-0.4, -0.2) is 23.0 Å². The quantitative estimate of drug-likeness (QED) is 0.405. The van der Waals surface area contributed by atoms with E-state index >= 15 is 0 Å². The molecule has 2 aromatic carbocycles. The zero-order valence-corrected chi connectivity index (χ0v) is 14.8. The van der Waals surface area contributed by atoms with Crippen LogP contribution in [0.5, 0.6) is 0 Å². The summed E-state index contributed by atoms with van der Waals surface area (Å²) >= 11 is 0. The smallest absolute Gasteiger partial charge is 0.244 e. The molecule has 0 saturated heterocycles. The number of hydrogen-bond acceptors (Lipinski definition) is 6. The number of anilines is 1.